The number of H-pyrrole nitrogens is 1. The highest BCUT2D eigenvalue weighted by Gasteiger charge is 2.38. The molecule has 0 aliphatic rings. The van der Waals surface area contributed by atoms with Crippen molar-refractivity contribution >= 4 is 26.8 Å². The van der Waals surface area contributed by atoms with Gasteiger partial charge in [0.05, 0.1) is 35.3 Å². The van der Waals surface area contributed by atoms with Crippen LogP contribution in [-0.2, 0) is 14.6 Å². The van der Waals surface area contributed by atoms with Crippen LogP contribution in [0.5, 0.6) is 0 Å². The van der Waals surface area contributed by atoms with Crippen LogP contribution in [0.1, 0.15) is 18.0 Å². The second-order valence-corrected chi connectivity index (χ2v) is 9.21. The number of aromatic nitrogens is 5. The van der Waals surface area contributed by atoms with Crippen LogP contribution < -0.4 is 0 Å². The van der Waals surface area contributed by atoms with Gasteiger partial charge in [0.1, 0.15) is 12.0 Å². The number of nitrogens with zero attached hydrogens (tertiary/aromatic N) is 5. The zero-order valence-corrected chi connectivity index (χ0v) is 18.7. The minimum atomic E-state index is -5.08. The molecule has 4 aromatic rings. The summed E-state index contributed by atoms with van der Waals surface area (Å²) < 4.78 is 56.8. The van der Waals surface area contributed by atoms with Gasteiger partial charge in [-0.25, -0.2) is 23.2 Å². The summed E-state index contributed by atoms with van der Waals surface area (Å²) >= 11 is 0. The van der Waals surface area contributed by atoms with Gasteiger partial charge in [-0.2, -0.15) is 23.5 Å². The molecule has 3 aromatic heterocycles. The van der Waals surface area contributed by atoms with E-state index < -0.39 is 22.0 Å². The van der Waals surface area contributed by atoms with Gasteiger partial charge in [-0.05, 0) is 23.8 Å². The van der Waals surface area contributed by atoms with Gasteiger partial charge in [-0.3, -0.25) is 4.68 Å². The molecule has 1 unspecified atom stereocenters. The van der Waals surface area contributed by atoms with Crippen LogP contribution in [0.4, 0.5) is 13.2 Å². The van der Waals surface area contributed by atoms with E-state index in [0.29, 0.717) is 0 Å². The van der Waals surface area contributed by atoms with Crippen LogP contribution in [-0.4, -0.2) is 56.7 Å². The summed E-state index contributed by atoms with van der Waals surface area (Å²) in [6.07, 6.45) is 3.10. The number of aromatic amines is 1. The number of carboxylic acids is 1. The molecule has 0 aliphatic carbocycles. The predicted octanol–water partition coefficient (Wildman–Crippen LogP) is 3.36. The third-order valence-electron chi connectivity index (χ3n) is 4.77. The molecule has 10 nitrogen and oxygen atoms in total. The van der Waals surface area contributed by atoms with Crippen LogP contribution in [0.25, 0.3) is 22.3 Å². The van der Waals surface area contributed by atoms with Gasteiger partial charge in [0.2, 0.25) is 0 Å². The van der Waals surface area contributed by atoms with Gasteiger partial charge in [0.15, 0.2) is 9.84 Å². The van der Waals surface area contributed by atoms with Crippen LogP contribution in [0.15, 0.2) is 60.1 Å². The Hall–Kier alpha value is -4.25. The third-order valence-corrected chi connectivity index (χ3v) is 5.90. The second-order valence-electron chi connectivity index (χ2n) is 7.19. The van der Waals surface area contributed by atoms with Gasteiger partial charge in [-0.1, -0.05) is 12.1 Å². The average molecular weight is 506 g/mol. The highest BCUT2D eigenvalue weighted by Crippen LogP contribution is 2.28. The van der Waals surface area contributed by atoms with E-state index in [2.05, 4.69) is 26.1 Å². The summed E-state index contributed by atoms with van der Waals surface area (Å²) in [5.41, 5.74) is 3.10. The van der Waals surface area contributed by atoms with Crippen LogP contribution in [0, 0.1) is 11.3 Å². The molecular weight excluding hydrogens is 489 g/mol. The second kappa shape index (κ2) is 9.94. The van der Waals surface area contributed by atoms with Gasteiger partial charge in [-0.15, -0.1) is 0 Å². The maximum atomic E-state index is 11.7. The predicted molar refractivity (Wildman–Crippen MR) is 117 cm³/mol. The Kier molecular flexibility index (Phi) is 7.20. The van der Waals surface area contributed by atoms with E-state index in [4.69, 9.17) is 9.90 Å². The Morgan fingerprint density at radius 2 is 1.89 bits per heavy atom. The number of benzene rings is 1. The van der Waals surface area contributed by atoms with E-state index in [9.17, 15) is 26.9 Å². The summed E-state index contributed by atoms with van der Waals surface area (Å²) in [6.45, 7) is 0. The molecular formula is C21H17F3N6O4S. The van der Waals surface area contributed by atoms with E-state index in [1.807, 2.05) is 12.3 Å². The molecule has 0 aliphatic heterocycles. The lowest BCUT2D eigenvalue weighted by atomic mass is 10.0. The number of hydrogen-bond donors (Lipinski definition) is 2. The number of alkyl halides is 3. The van der Waals surface area contributed by atoms with Crippen molar-refractivity contribution in [3.63, 3.8) is 0 Å². The van der Waals surface area contributed by atoms with Crippen LogP contribution in [0.3, 0.4) is 0 Å². The summed E-state index contributed by atoms with van der Waals surface area (Å²) in [5, 5.41) is 21.7. The quantitative estimate of drug-likeness (QED) is 0.418. The topological polar surface area (TPSA) is 155 Å². The number of rotatable bonds is 5. The standard InChI is InChI=1S/C19H16N6O2S.C2HF3O2/c1-28(26,27)15-4-2-13(3-5-15)17(6-8-20)25-11-14(10-24-25)18-16-7-9-21-19(16)23-12-22-18;3-2(4,5)1(6)7/h2-5,7,9-12,17H,6H2,1H3,(H,21,22,23);(H,6,7). The van der Waals surface area contributed by atoms with Crippen molar-refractivity contribution in [2.24, 2.45) is 0 Å². The summed E-state index contributed by atoms with van der Waals surface area (Å²) in [7, 11) is -3.27. The van der Waals surface area contributed by atoms with Gasteiger partial charge < -0.3 is 10.1 Å². The van der Waals surface area contributed by atoms with E-state index in [-0.39, 0.29) is 17.4 Å². The summed E-state index contributed by atoms with van der Waals surface area (Å²) in [5.74, 6) is -2.76. The molecule has 1 aromatic carbocycles. The fourth-order valence-electron chi connectivity index (χ4n) is 3.12. The minimum absolute atomic E-state index is 0.197. The van der Waals surface area contributed by atoms with Crippen molar-refractivity contribution in [1.82, 2.24) is 24.7 Å². The smallest absolute Gasteiger partial charge is 0.475 e. The zero-order chi connectivity index (χ0) is 25.8. The van der Waals surface area contributed by atoms with Gasteiger partial charge in [0.25, 0.3) is 0 Å². The van der Waals surface area contributed by atoms with Crippen molar-refractivity contribution in [2.75, 3.05) is 6.26 Å². The number of fused-ring (bicyclic) bond motifs is 1. The number of sulfone groups is 1. The first kappa shape index (κ1) is 25.4. The molecule has 14 heteroatoms. The van der Waals surface area contributed by atoms with Crippen molar-refractivity contribution in [3.8, 4) is 17.3 Å². The largest absolute Gasteiger partial charge is 0.490 e. The molecule has 0 spiro atoms. The van der Waals surface area contributed by atoms with Gasteiger partial charge >= 0.3 is 12.1 Å². The number of hydrogen-bond acceptors (Lipinski definition) is 7. The monoisotopic (exact) mass is 506 g/mol. The number of nitriles is 1. The maximum Gasteiger partial charge on any atom is 0.490 e. The summed E-state index contributed by atoms with van der Waals surface area (Å²) in [6, 6.07) is 10.3. The molecule has 1 atom stereocenters. The van der Waals surface area contributed by atoms with Crippen molar-refractivity contribution < 1.29 is 31.5 Å². The lowest BCUT2D eigenvalue weighted by Gasteiger charge is -2.15. The Morgan fingerprint density at radius 1 is 1.23 bits per heavy atom. The molecule has 0 radical (unpaired) electrons. The molecule has 182 valence electrons. The third kappa shape index (κ3) is 6.01. The summed E-state index contributed by atoms with van der Waals surface area (Å²) in [4.78, 5) is 20.7. The van der Waals surface area contributed by atoms with E-state index in [0.717, 1.165) is 34.1 Å². The first-order chi connectivity index (χ1) is 16.4. The molecule has 0 saturated heterocycles. The average Bonchev–Trinajstić information content (AvgIpc) is 3.46. The molecule has 3 heterocycles. The molecule has 0 amide bonds. The fraction of sp³-hybridized carbons (Fsp3) is 0.190. The van der Waals surface area contributed by atoms with Crippen LogP contribution >= 0.6 is 0 Å². The highest BCUT2D eigenvalue weighted by atomic mass is 32.2. The van der Waals surface area contributed by atoms with Crippen molar-refractivity contribution in [3.05, 3.63) is 60.8 Å². The SMILES string of the molecule is CS(=O)(=O)c1ccc(C(CC#N)n2cc(-c3ncnc4[nH]ccc34)cn2)cc1.O=C(O)C(F)(F)F. The Balaban J connectivity index is 0.000000429. The molecule has 0 saturated carbocycles. The molecule has 0 bridgehead atoms. The molecule has 2 N–H and O–H groups in total. The number of carboxylic acid groups (broad SMARTS) is 1. The first-order valence-electron chi connectivity index (χ1n) is 9.71. The Labute approximate surface area is 196 Å². The minimum Gasteiger partial charge on any atom is -0.475 e. The zero-order valence-electron chi connectivity index (χ0n) is 17.9. The Bertz CT molecular complexity index is 1490. The number of aliphatic carboxylic acids is 1. The van der Waals surface area contributed by atoms with Crippen LogP contribution in [0.2, 0.25) is 0 Å². The fourth-order valence-corrected chi connectivity index (χ4v) is 3.75. The highest BCUT2D eigenvalue weighted by molar-refractivity contribution is 7.90. The molecule has 0 fully saturated rings. The molecule has 4 rings (SSSR count). The van der Waals surface area contributed by atoms with Crippen molar-refractivity contribution in [2.45, 2.75) is 23.5 Å². The maximum absolute atomic E-state index is 11.7. The normalized spacial score (nSPS) is 12.4. The van der Waals surface area contributed by atoms with Crippen molar-refractivity contribution in [1.29, 1.82) is 5.26 Å². The Morgan fingerprint density at radius 3 is 2.46 bits per heavy atom. The number of nitrogens with one attached hydrogen (secondary N) is 1. The van der Waals surface area contributed by atoms with Gasteiger partial charge in [0, 0.05) is 29.6 Å². The van der Waals surface area contributed by atoms with E-state index >= 15 is 0 Å². The van der Waals surface area contributed by atoms with E-state index in [1.165, 1.54) is 6.33 Å². The molecule has 35 heavy (non-hydrogen) atoms. The lowest BCUT2D eigenvalue weighted by molar-refractivity contribution is -0.192. The first-order valence-corrected chi connectivity index (χ1v) is 11.6. The number of halogens is 3. The van der Waals surface area contributed by atoms with E-state index in [1.54, 1.807) is 41.3 Å². The lowest BCUT2D eigenvalue weighted by Crippen LogP contribution is -2.21. The number of carbonyl (C=O) groups is 1.